The van der Waals surface area contributed by atoms with Crippen molar-refractivity contribution in [1.82, 2.24) is 4.57 Å². The maximum absolute atomic E-state index is 14.7. The predicted octanol–water partition coefficient (Wildman–Crippen LogP) is 7.29. The quantitative estimate of drug-likeness (QED) is 0.159. The summed E-state index contributed by atoms with van der Waals surface area (Å²) < 4.78 is 25.3. The van der Waals surface area contributed by atoms with Crippen LogP contribution < -0.4 is 39.2 Å². The number of hydrogen-bond acceptors (Lipinski definition) is 8. The van der Waals surface area contributed by atoms with Crippen LogP contribution in [0.2, 0.25) is 5.02 Å². The van der Waals surface area contributed by atoms with E-state index in [9.17, 15) is 9.59 Å². The number of amides is 1. The van der Waals surface area contributed by atoms with Crippen molar-refractivity contribution < 1.29 is 23.7 Å². The first kappa shape index (κ1) is 34.6. The van der Waals surface area contributed by atoms with Crippen molar-refractivity contribution in [3.63, 3.8) is 0 Å². The molecule has 7 rings (SSSR count). The van der Waals surface area contributed by atoms with Gasteiger partial charge in [0.25, 0.3) is 11.5 Å². The van der Waals surface area contributed by atoms with Gasteiger partial charge in [0.1, 0.15) is 12.4 Å². The maximum atomic E-state index is 14.7. The summed E-state index contributed by atoms with van der Waals surface area (Å²) in [6.07, 6.45) is 1.85. The number of anilines is 1. The van der Waals surface area contributed by atoms with Crippen LogP contribution in [0.5, 0.6) is 23.0 Å². The van der Waals surface area contributed by atoms with E-state index < -0.39 is 11.9 Å². The number of thiazole rings is 1. The third-order valence-corrected chi connectivity index (χ3v) is 10.0. The van der Waals surface area contributed by atoms with E-state index in [-0.39, 0.29) is 5.56 Å². The zero-order valence-corrected chi connectivity index (χ0v) is 30.4. The third kappa shape index (κ3) is 6.66. The van der Waals surface area contributed by atoms with Crippen LogP contribution in [0.1, 0.15) is 29.7 Å². The first-order chi connectivity index (χ1) is 25.3. The number of benzene rings is 5. The van der Waals surface area contributed by atoms with Gasteiger partial charge < -0.3 is 24.3 Å². The molecule has 1 aliphatic heterocycles. The van der Waals surface area contributed by atoms with Crippen LogP contribution in [0.3, 0.4) is 0 Å². The minimum absolute atomic E-state index is 0.300. The first-order valence-corrected chi connectivity index (χ1v) is 17.6. The Balaban J connectivity index is 1.41. The molecule has 11 heteroatoms. The number of hydrogen-bond donors (Lipinski definition) is 1. The normalized spacial score (nSPS) is 14.1. The van der Waals surface area contributed by atoms with Gasteiger partial charge in [-0.15, -0.1) is 0 Å². The van der Waals surface area contributed by atoms with Gasteiger partial charge in [0.2, 0.25) is 5.75 Å². The molecule has 9 nitrogen and oxygen atoms in total. The van der Waals surface area contributed by atoms with Gasteiger partial charge in [-0.1, -0.05) is 83.6 Å². The van der Waals surface area contributed by atoms with Crippen molar-refractivity contribution in [3.05, 3.63) is 156 Å². The Morgan fingerprint density at radius 2 is 1.58 bits per heavy atom. The Bertz CT molecular complexity index is 2500. The van der Waals surface area contributed by atoms with Gasteiger partial charge in [0.05, 0.1) is 43.2 Å². The van der Waals surface area contributed by atoms with Crippen molar-refractivity contribution in [1.29, 1.82) is 0 Å². The molecule has 0 fully saturated rings. The van der Waals surface area contributed by atoms with E-state index in [1.807, 2.05) is 84.9 Å². The second kappa shape index (κ2) is 14.8. The largest absolute Gasteiger partial charge is 0.493 e. The molecule has 0 aliphatic carbocycles. The highest BCUT2D eigenvalue weighted by Crippen LogP contribution is 2.42. The third-order valence-electron chi connectivity index (χ3n) is 8.81. The van der Waals surface area contributed by atoms with E-state index in [0.717, 1.165) is 21.9 Å². The molecule has 0 unspecified atom stereocenters. The van der Waals surface area contributed by atoms with Gasteiger partial charge >= 0.3 is 0 Å². The van der Waals surface area contributed by atoms with E-state index in [0.29, 0.717) is 66.5 Å². The summed E-state index contributed by atoms with van der Waals surface area (Å²) in [5, 5.41) is 5.54. The lowest BCUT2D eigenvalue weighted by Gasteiger charge is -2.26. The highest BCUT2D eigenvalue weighted by atomic mass is 35.5. The molecule has 262 valence electrons. The molecule has 0 saturated carbocycles. The molecule has 1 atom stereocenters. The van der Waals surface area contributed by atoms with Crippen LogP contribution in [0, 0.1) is 0 Å². The second-order valence-corrected chi connectivity index (χ2v) is 13.4. The molecule has 0 bridgehead atoms. The number of para-hydroxylation sites is 1. The standard InChI is InChI=1S/C41H34ClN3O6S/c1-24-36(39(46)44-29-11-6-5-7-12-29)37(27-20-33(48-2)38(50-4)34(21-27)49-3)45-40(47)35(52-41(45)43-24)22-31-30-13-9-8-10-26(30)16-19-32(31)51-23-25-14-17-28(42)18-15-25/h5-22,37H,23H2,1-4H3,(H,44,46)/b35-22-/t37-/m1/s1. The number of allylic oxidation sites excluding steroid dienone is 1. The zero-order chi connectivity index (χ0) is 36.4. The molecule has 52 heavy (non-hydrogen) atoms. The number of methoxy groups -OCH3 is 3. The van der Waals surface area contributed by atoms with Crippen LogP contribution in [-0.4, -0.2) is 31.8 Å². The van der Waals surface area contributed by atoms with E-state index >= 15 is 0 Å². The smallest absolute Gasteiger partial charge is 0.271 e. The van der Waals surface area contributed by atoms with Crippen LogP contribution >= 0.6 is 22.9 Å². The fourth-order valence-electron chi connectivity index (χ4n) is 6.33. The minimum atomic E-state index is -0.885. The van der Waals surface area contributed by atoms with Crippen molar-refractivity contribution in [2.24, 2.45) is 4.99 Å². The van der Waals surface area contributed by atoms with E-state index in [1.165, 1.54) is 32.7 Å². The highest BCUT2D eigenvalue weighted by Gasteiger charge is 2.34. The van der Waals surface area contributed by atoms with Crippen molar-refractivity contribution in [3.8, 4) is 23.0 Å². The number of ether oxygens (including phenoxy) is 4. The van der Waals surface area contributed by atoms with Crippen LogP contribution in [0.25, 0.3) is 16.8 Å². The van der Waals surface area contributed by atoms with Gasteiger partial charge in [-0.3, -0.25) is 14.2 Å². The summed E-state index contributed by atoms with van der Waals surface area (Å²) in [6.45, 7) is 2.08. The van der Waals surface area contributed by atoms with Gasteiger partial charge in [-0.2, -0.15) is 0 Å². The number of carbonyl (C=O) groups is 1. The Labute approximate surface area is 308 Å². The van der Waals surface area contributed by atoms with Gasteiger partial charge in [-0.25, -0.2) is 4.99 Å². The number of carbonyl (C=O) groups excluding carboxylic acids is 1. The Hall–Kier alpha value is -5.84. The molecule has 0 saturated heterocycles. The summed E-state index contributed by atoms with van der Waals surface area (Å²) in [6, 6.07) is 31.1. The number of rotatable bonds is 10. The summed E-state index contributed by atoms with van der Waals surface area (Å²) in [4.78, 5) is 34.1. The molecular formula is C41H34ClN3O6S. The summed E-state index contributed by atoms with van der Waals surface area (Å²) >= 11 is 7.35. The molecule has 2 heterocycles. The maximum Gasteiger partial charge on any atom is 0.271 e. The van der Waals surface area contributed by atoms with Crippen molar-refractivity contribution >= 4 is 51.4 Å². The summed E-state index contributed by atoms with van der Waals surface area (Å²) in [7, 11) is 4.56. The monoisotopic (exact) mass is 731 g/mol. The number of fused-ring (bicyclic) bond motifs is 2. The average molecular weight is 732 g/mol. The lowest BCUT2D eigenvalue weighted by molar-refractivity contribution is -0.113. The molecule has 5 aromatic carbocycles. The summed E-state index contributed by atoms with van der Waals surface area (Å²) in [5.74, 6) is 1.37. The van der Waals surface area contributed by atoms with Crippen LogP contribution in [0.4, 0.5) is 5.69 Å². The summed E-state index contributed by atoms with van der Waals surface area (Å²) in [5.41, 5.74) is 3.33. The molecule has 1 aliphatic rings. The SMILES string of the molecule is COc1cc([C@@H]2C(C(=O)Nc3ccccc3)=C(C)N=c3s/c(=C\c4c(OCc5ccc(Cl)cc5)ccc5ccccc45)c(=O)n32)cc(OC)c1OC. The highest BCUT2D eigenvalue weighted by molar-refractivity contribution is 7.07. The van der Waals surface area contributed by atoms with E-state index in [1.54, 1.807) is 35.8 Å². The number of halogens is 1. The second-order valence-electron chi connectivity index (χ2n) is 12.0. The molecule has 1 amide bonds. The van der Waals surface area contributed by atoms with Crippen LogP contribution in [0.15, 0.2) is 124 Å². The lowest BCUT2D eigenvalue weighted by Crippen LogP contribution is -2.40. The average Bonchev–Trinajstić information content (AvgIpc) is 3.47. The first-order valence-electron chi connectivity index (χ1n) is 16.4. The molecule has 0 radical (unpaired) electrons. The van der Waals surface area contributed by atoms with Gasteiger partial charge in [0.15, 0.2) is 16.3 Å². The number of nitrogens with one attached hydrogen (secondary N) is 1. The van der Waals surface area contributed by atoms with Gasteiger partial charge in [-0.05, 0) is 77.4 Å². The van der Waals surface area contributed by atoms with E-state index in [2.05, 4.69) is 5.32 Å². The van der Waals surface area contributed by atoms with Crippen molar-refractivity contribution in [2.75, 3.05) is 26.6 Å². The number of nitrogens with zero attached hydrogens (tertiary/aromatic N) is 2. The van der Waals surface area contributed by atoms with Crippen molar-refractivity contribution in [2.45, 2.75) is 19.6 Å². The number of aromatic nitrogens is 1. The Morgan fingerprint density at radius 1 is 0.885 bits per heavy atom. The molecule has 1 N–H and O–H groups in total. The Kier molecular flexibility index (Phi) is 9.84. The van der Waals surface area contributed by atoms with Gasteiger partial charge in [0, 0.05) is 16.3 Å². The molecule has 0 spiro atoms. The fraction of sp³-hybridized carbons (Fsp3) is 0.146. The zero-order valence-electron chi connectivity index (χ0n) is 28.8. The van der Waals surface area contributed by atoms with Crippen LogP contribution in [-0.2, 0) is 11.4 Å². The lowest BCUT2D eigenvalue weighted by atomic mass is 9.94. The topological polar surface area (TPSA) is 100 Å². The predicted molar refractivity (Wildman–Crippen MR) is 205 cm³/mol. The molecule has 1 aromatic heterocycles. The Morgan fingerprint density at radius 3 is 2.27 bits per heavy atom. The fourth-order valence-corrected chi connectivity index (χ4v) is 7.48. The molecule has 6 aromatic rings. The molecular weight excluding hydrogens is 698 g/mol. The minimum Gasteiger partial charge on any atom is -0.493 e. The van der Waals surface area contributed by atoms with E-state index in [4.69, 9.17) is 35.5 Å².